The summed E-state index contributed by atoms with van der Waals surface area (Å²) in [7, 11) is 0. The second-order valence-corrected chi connectivity index (χ2v) is 6.99. The fraction of sp³-hybridized carbons (Fsp3) is 0.0455. The molecule has 4 aromatic rings. The van der Waals surface area contributed by atoms with Gasteiger partial charge in [0.05, 0.1) is 6.20 Å². The number of nitrogens with zero attached hydrogens (tertiary/aromatic N) is 2. The second-order valence-electron chi connectivity index (χ2n) is 6.07. The molecular weight excluding hydrogens is 468 g/mol. The van der Waals surface area contributed by atoms with E-state index in [9.17, 15) is 4.79 Å². The maximum absolute atomic E-state index is 12.8. The van der Waals surface area contributed by atoms with Gasteiger partial charge in [0.2, 0.25) is 5.78 Å². The fourth-order valence-electron chi connectivity index (χ4n) is 2.99. The largest absolute Gasteiger partial charge is 0.290 e. The molecule has 0 fully saturated rings. The van der Waals surface area contributed by atoms with E-state index < -0.39 is 0 Å². The van der Waals surface area contributed by atoms with Crippen molar-refractivity contribution >= 4 is 49.5 Å². The van der Waals surface area contributed by atoms with Gasteiger partial charge in [-0.25, -0.2) is 4.57 Å². The van der Waals surface area contributed by atoms with Crippen LogP contribution in [-0.4, -0.2) is 10.8 Å². The van der Waals surface area contributed by atoms with Gasteiger partial charge in [-0.05, 0) is 40.0 Å². The van der Waals surface area contributed by atoms with E-state index >= 15 is 0 Å². The van der Waals surface area contributed by atoms with Crippen molar-refractivity contribution in [2.45, 2.75) is 6.54 Å². The van der Waals surface area contributed by atoms with Gasteiger partial charge in [-0.2, -0.15) is 0 Å². The molecule has 134 valence electrons. The van der Waals surface area contributed by atoms with E-state index in [2.05, 4.69) is 20.9 Å². The van der Waals surface area contributed by atoms with Crippen LogP contribution in [0.4, 0.5) is 0 Å². The molecule has 0 spiro atoms. The maximum Gasteiger partial charge on any atom is 0.287 e. The lowest BCUT2D eigenvalue weighted by Gasteiger charge is -2.05. The van der Waals surface area contributed by atoms with Gasteiger partial charge in [0, 0.05) is 21.7 Å². The van der Waals surface area contributed by atoms with Gasteiger partial charge in [-0.1, -0.05) is 58.4 Å². The number of ketones is 1. The summed E-state index contributed by atoms with van der Waals surface area (Å²) in [6.45, 7) is 0.266. The standard InChI is InChI=1S/C22H16BrN2O.BrH/c23-18-10-8-17(9-11-18)21-12-13-25(15-24-21)14-22(26)20-7-3-5-16-4-1-2-6-19(16)20;/h1-13,15H,14H2;1H/q+1;. The van der Waals surface area contributed by atoms with E-state index in [4.69, 9.17) is 0 Å². The molecule has 0 aliphatic carbocycles. The lowest BCUT2D eigenvalue weighted by molar-refractivity contribution is -0.686. The summed E-state index contributed by atoms with van der Waals surface area (Å²) in [5.41, 5.74) is 2.67. The minimum Gasteiger partial charge on any atom is -0.290 e. The molecule has 3 nitrogen and oxygen atoms in total. The first kappa shape index (κ1) is 19.4. The minimum absolute atomic E-state index is 0. The van der Waals surface area contributed by atoms with Crippen LogP contribution in [0.2, 0.25) is 0 Å². The zero-order valence-electron chi connectivity index (χ0n) is 14.4. The topological polar surface area (TPSA) is 33.8 Å². The molecule has 0 radical (unpaired) electrons. The number of hydrogen-bond donors (Lipinski definition) is 0. The van der Waals surface area contributed by atoms with E-state index in [1.165, 1.54) is 0 Å². The third-order valence-corrected chi connectivity index (χ3v) is 4.85. The van der Waals surface area contributed by atoms with Crippen molar-refractivity contribution in [3.05, 3.63) is 95.4 Å². The number of carbonyl (C=O) groups is 1. The molecule has 0 unspecified atom stereocenters. The van der Waals surface area contributed by atoms with Crippen molar-refractivity contribution in [3.63, 3.8) is 0 Å². The molecule has 4 rings (SSSR count). The molecule has 0 aliphatic heterocycles. The van der Waals surface area contributed by atoms with Crippen molar-refractivity contribution < 1.29 is 9.36 Å². The normalized spacial score (nSPS) is 10.4. The molecule has 3 aromatic carbocycles. The highest BCUT2D eigenvalue weighted by Crippen LogP contribution is 2.20. The third-order valence-electron chi connectivity index (χ3n) is 4.33. The number of carbonyl (C=O) groups excluding carboxylic acids is 1. The van der Waals surface area contributed by atoms with Crippen molar-refractivity contribution in [2.75, 3.05) is 0 Å². The summed E-state index contributed by atoms with van der Waals surface area (Å²) < 4.78 is 2.85. The van der Waals surface area contributed by atoms with Crippen molar-refractivity contribution in [1.82, 2.24) is 4.98 Å². The monoisotopic (exact) mass is 483 g/mol. The van der Waals surface area contributed by atoms with Crippen LogP contribution in [0.15, 0.2) is 89.8 Å². The lowest BCUT2D eigenvalue weighted by atomic mass is 10.0. The SMILES string of the molecule is Br.O=C(C[n+]1ccc(-c2ccc(Br)cc2)nc1)c1cccc2ccccc12. The van der Waals surface area contributed by atoms with Crippen LogP contribution < -0.4 is 4.57 Å². The zero-order chi connectivity index (χ0) is 17.9. The third kappa shape index (κ3) is 4.31. The van der Waals surface area contributed by atoms with E-state index in [0.717, 1.165) is 32.1 Å². The fourth-order valence-corrected chi connectivity index (χ4v) is 3.25. The average Bonchev–Trinajstić information content (AvgIpc) is 2.69. The highest BCUT2D eigenvalue weighted by Gasteiger charge is 2.14. The Morgan fingerprint density at radius 3 is 2.41 bits per heavy atom. The first-order chi connectivity index (χ1) is 12.7. The summed E-state index contributed by atoms with van der Waals surface area (Å²) in [6, 6.07) is 23.7. The van der Waals surface area contributed by atoms with Gasteiger partial charge in [0.1, 0.15) is 0 Å². The van der Waals surface area contributed by atoms with Crippen LogP contribution in [0.5, 0.6) is 0 Å². The summed E-state index contributed by atoms with van der Waals surface area (Å²) in [5, 5.41) is 2.06. The molecule has 1 aromatic heterocycles. The first-order valence-corrected chi connectivity index (χ1v) is 9.12. The van der Waals surface area contributed by atoms with Crippen LogP contribution in [0.1, 0.15) is 10.4 Å². The summed E-state index contributed by atoms with van der Waals surface area (Å²) in [6.07, 6.45) is 3.60. The second kappa shape index (κ2) is 8.55. The molecule has 0 amide bonds. The summed E-state index contributed by atoms with van der Waals surface area (Å²) >= 11 is 3.43. The molecular formula is C22H17Br2N2O+. The lowest BCUT2D eigenvalue weighted by Crippen LogP contribution is -2.37. The average molecular weight is 485 g/mol. The van der Waals surface area contributed by atoms with Gasteiger partial charge < -0.3 is 0 Å². The molecule has 0 aliphatic rings. The molecule has 5 heteroatoms. The van der Waals surface area contributed by atoms with Crippen LogP contribution in [0.3, 0.4) is 0 Å². The molecule has 27 heavy (non-hydrogen) atoms. The van der Waals surface area contributed by atoms with E-state index in [1.54, 1.807) is 6.33 Å². The van der Waals surface area contributed by atoms with Crippen molar-refractivity contribution in [3.8, 4) is 11.3 Å². The maximum atomic E-state index is 12.8. The Kier molecular flexibility index (Phi) is 6.14. The quantitative estimate of drug-likeness (QED) is 0.286. The Bertz CT molecular complexity index is 1070. The Labute approximate surface area is 176 Å². The molecule has 1 heterocycles. The van der Waals surface area contributed by atoms with E-state index in [0.29, 0.717) is 0 Å². The van der Waals surface area contributed by atoms with E-state index in [-0.39, 0.29) is 29.3 Å². The van der Waals surface area contributed by atoms with Gasteiger partial charge in [0.15, 0.2) is 12.2 Å². The minimum atomic E-state index is 0. The number of aromatic nitrogens is 2. The number of rotatable bonds is 4. The number of hydrogen-bond acceptors (Lipinski definition) is 2. The first-order valence-electron chi connectivity index (χ1n) is 8.33. The predicted octanol–water partition coefficient (Wildman–Crippen LogP) is 5.41. The van der Waals surface area contributed by atoms with Gasteiger partial charge >= 0.3 is 0 Å². The molecule has 0 N–H and O–H groups in total. The highest BCUT2D eigenvalue weighted by atomic mass is 79.9. The van der Waals surface area contributed by atoms with Gasteiger partial charge in [-0.15, -0.1) is 17.0 Å². The Balaban J connectivity index is 0.00000210. The smallest absolute Gasteiger partial charge is 0.287 e. The van der Waals surface area contributed by atoms with Crippen LogP contribution in [0.25, 0.3) is 22.0 Å². The molecule has 0 bridgehead atoms. The summed E-state index contributed by atoms with van der Waals surface area (Å²) in [5.74, 6) is 0.0741. The Morgan fingerprint density at radius 1 is 0.926 bits per heavy atom. The molecule has 0 atom stereocenters. The van der Waals surface area contributed by atoms with Crippen LogP contribution in [-0.2, 0) is 6.54 Å². The summed E-state index contributed by atoms with van der Waals surface area (Å²) in [4.78, 5) is 17.2. The Morgan fingerprint density at radius 2 is 1.67 bits per heavy atom. The predicted molar refractivity (Wildman–Crippen MR) is 116 cm³/mol. The van der Waals surface area contributed by atoms with Crippen molar-refractivity contribution in [1.29, 1.82) is 0 Å². The number of fused-ring (bicyclic) bond motifs is 1. The zero-order valence-corrected chi connectivity index (χ0v) is 17.7. The number of benzene rings is 3. The van der Waals surface area contributed by atoms with Gasteiger partial charge in [-0.3, -0.25) is 4.79 Å². The van der Waals surface area contributed by atoms with E-state index in [1.807, 2.05) is 83.6 Å². The number of halogens is 2. The van der Waals surface area contributed by atoms with Crippen LogP contribution >= 0.6 is 32.9 Å². The van der Waals surface area contributed by atoms with Crippen LogP contribution in [0, 0.1) is 0 Å². The highest BCUT2D eigenvalue weighted by molar-refractivity contribution is 9.10. The number of Topliss-reactive ketones (excluding diaryl/α,β-unsaturated/α-hetero) is 1. The van der Waals surface area contributed by atoms with Gasteiger partial charge in [0.25, 0.3) is 6.33 Å². The molecule has 0 saturated carbocycles. The molecule has 0 saturated heterocycles. The van der Waals surface area contributed by atoms with Crippen molar-refractivity contribution in [2.24, 2.45) is 0 Å². The Hall–Kier alpha value is -2.37.